The molecular weight excluding hydrogens is 336 g/mol. The first-order valence-corrected chi connectivity index (χ1v) is 8.98. The van der Waals surface area contributed by atoms with Gasteiger partial charge in [-0.3, -0.25) is 4.79 Å². The van der Waals surface area contributed by atoms with Crippen molar-refractivity contribution < 1.29 is 4.79 Å². The van der Waals surface area contributed by atoms with Crippen molar-refractivity contribution in [3.05, 3.63) is 83.7 Å². The van der Waals surface area contributed by atoms with Crippen molar-refractivity contribution in [3.63, 3.8) is 0 Å². The molecular formula is C22H20N4O. The van der Waals surface area contributed by atoms with Gasteiger partial charge in [0, 0.05) is 23.0 Å². The number of amides is 1. The summed E-state index contributed by atoms with van der Waals surface area (Å²) in [4.78, 5) is 17.4. The minimum Gasteiger partial charge on any atom is -0.320 e. The number of aromatic nitrogens is 3. The van der Waals surface area contributed by atoms with Crippen molar-refractivity contribution >= 4 is 17.2 Å². The number of nitrogens with one attached hydrogen (secondary N) is 1. The Hall–Kier alpha value is -3.47. The van der Waals surface area contributed by atoms with Gasteiger partial charge in [-0.2, -0.15) is 5.10 Å². The molecule has 0 bridgehead atoms. The van der Waals surface area contributed by atoms with Gasteiger partial charge in [0.15, 0.2) is 11.3 Å². The van der Waals surface area contributed by atoms with Crippen LogP contribution in [0.3, 0.4) is 0 Å². The highest BCUT2D eigenvalue weighted by atomic mass is 16.1. The Morgan fingerprint density at radius 3 is 2.56 bits per heavy atom. The molecule has 0 aliphatic carbocycles. The standard InChI is InChI=1S/C22H20N4O/c1-3-16-9-7-8-12-18(16)24-22(27)20-14-21-23-19(13-15(2)26(21)25-20)17-10-5-4-6-11-17/h4-14H,3H2,1-2H3,(H,24,27). The normalized spacial score (nSPS) is 10.9. The van der Waals surface area contributed by atoms with Crippen LogP contribution in [0.15, 0.2) is 66.7 Å². The number of nitrogens with zero attached hydrogens (tertiary/aromatic N) is 3. The van der Waals surface area contributed by atoms with Crippen LogP contribution in [0.5, 0.6) is 0 Å². The lowest BCUT2D eigenvalue weighted by atomic mass is 10.1. The zero-order valence-corrected chi connectivity index (χ0v) is 15.3. The van der Waals surface area contributed by atoms with Crippen molar-refractivity contribution in [1.82, 2.24) is 14.6 Å². The van der Waals surface area contributed by atoms with E-state index in [0.29, 0.717) is 11.3 Å². The monoisotopic (exact) mass is 356 g/mol. The van der Waals surface area contributed by atoms with E-state index in [4.69, 9.17) is 0 Å². The number of fused-ring (bicyclic) bond motifs is 1. The molecule has 0 fully saturated rings. The highest BCUT2D eigenvalue weighted by molar-refractivity contribution is 6.03. The molecule has 2 aromatic carbocycles. The first-order valence-electron chi connectivity index (χ1n) is 8.98. The van der Waals surface area contributed by atoms with E-state index >= 15 is 0 Å². The van der Waals surface area contributed by atoms with Crippen LogP contribution in [0.4, 0.5) is 5.69 Å². The smallest absolute Gasteiger partial charge is 0.276 e. The Bertz CT molecular complexity index is 1120. The van der Waals surface area contributed by atoms with Gasteiger partial charge >= 0.3 is 0 Å². The van der Waals surface area contributed by atoms with Crippen LogP contribution in [-0.4, -0.2) is 20.5 Å². The van der Waals surface area contributed by atoms with E-state index < -0.39 is 0 Å². The summed E-state index contributed by atoms with van der Waals surface area (Å²) >= 11 is 0. The van der Waals surface area contributed by atoms with E-state index in [9.17, 15) is 4.79 Å². The SMILES string of the molecule is CCc1ccccc1NC(=O)c1cc2nc(-c3ccccc3)cc(C)n2n1. The van der Waals surface area contributed by atoms with E-state index in [1.54, 1.807) is 10.6 Å². The predicted octanol–water partition coefficient (Wildman–Crippen LogP) is 4.52. The minimum absolute atomic E-state index is 0.234. The zero-order valence-electron chi connectivity index (χ0n) is 15.3. The van der Waals surface area contributed by atoms with Crippen LogP contribution in [-0.2, 0) is 6.42 Å². The number of benzene rings is 2. The molecule has 0 atom stereocenters. The fourth-order valence-corrected chi connectivity index (χ4v) is 3.13. The third kappa shape index (κ3) is 3.31. The van der Waals surface area contributed by atoms with Gasteiger partial charge in [-0.25, -0.2) is 9.50 Å². The van der Waals surface area contributed by atoms with Gasteiger partial charge in [-0.15, -0.1) is 0 Å². The van der Waals surface area contributed by atoms with Crippen LogP contribution in [0.1, 0.15) is 28.7 Å². The fraction of sp³-hybridized carbons (Fsp3) is 0.136. The number of para-hydroxylation sites is 1. The topological polar surface area (TPSA) is 59.3 Å². The molecule has 2 heterocycles. The molecule has 134 valence electrons. The molecule has 5 heteroatoms. The summed E-state index contributed by atoms with van der Waals surface area (Å²) < 4.78 is 1.70. The summed E-state index contributed by atoms with van der Waals surface area (Å²) in [6.07, 6.45) is 0.850. The Kier molecular flexibility index (Phi) is 4.42. The average molecular weight is 356 g/mol. The van der Waals surface area contributed by atoms with E-state index in [1.807, 2.05) is 67.6 Å². The van der Waals surface area contributed by atoms with E-state index in [-0.39, 0.29) is 5.91 Å². The van der Waals surface area contributed by atoms with E-state index in [0.717, 1.165) is 34.6 Å². The van der Waals surface area contributed by atoms with Crippen LogP contribution in [0.2, 0.25) is 0 Å². The zero-order chi connectivity index (χ0) is 18.8. The lowest BCUT2D eigenvalue weighted by Gasteiger charge is -2.08. The lowest BCUT2D eigenvalue weighted by molar-refractivity contribution is 0.102. The molecule has 4 aromatic rings. The molecule has 2 aromatic heterocycles. The van der Waals surface area contributed by atoms with Gasteiger partial charge < -0.3 is 5.32 Å². The number of rotatable bonds is 4. The molecule has 0 spiro atoms. The van der Waals surface area contributed by atoms with Crippen molar-refractivity contribution in [3.8, 4) is 11.3 Å². The summed E-state index contributed by atoms with van der Waals surface area (Å²) in [5, 5.41) is 7.40. The van der Waals surface area contributed by atoms with Gasteiger partial charge in [0.25, 0.3) is 5.91 Å². The van der Waals surface area contributed by atoms with Gasteiger partial charge in [0.1, 0.15) is 0 Å². The van der Waals surface area contributed by atoms with Crippen molar-refractivity contribution in [2.24, 2.45) is 0 Å². The number of hydrogen-bond donors (Lipinski definition) is 1. The first kappa shape index (κ1) is 17.0. The molecule has 0 aliphatic rings. The summed E-state index contributed by atoms with van der Waals surface area (Å²) in [7, 11) is 0. The summed E-state index contributed by atoms with van der Waals surface area (Å²) in [5.74, 6) is -0.234. The highest BCUT2D eigenvalue weighted by Gasteiger charge is 2.15. The second-order valence-electron chi connectivity index (χ2n) is 6.41. The Morgan fingerprint density at radius 1 is 1.04 bits per heavy atom. The fourth-order valence-electron chi connectivity index (χ4n) is 3.13. The first-order chi connectivity index (χ1) is 13.2. The third-order valence-corrected chi connectivity index (χ3v) is 4.55. The molecule has 1 N–H and O–H groups in total. The van der Waals surface area contributed by atoms with Crippen LogP contribution in [0.25, 0.3) is 16.9 Å². The van der Waals surface area contributed by atoms with Crippen molar-refractivity contribution in [2.45, 2.75) is 20.3 Å². The second-order valence-corrected chi connectivity index (χ2v) is 6.41. The van der Waals surface area contributed by atoms with Crippen LogP contribution >= 0.6 is 0 Å². The highest BCUT2D eigenvalue weighted by Crippen LogP contribution is 2.21. The number of aryl methyl sites for hydroxylation is 2. The molecule has 5 nitrogen and oxygen atoms in total. The maximum absolute atomic E-state index is 12.7. The Morgan fingerprint density at radius 2 is 1.78 bits per heavy atom. The molecule has 1 amide bonds. The molecule has 0 radical (unpaired) electrons. The Labute approximate surface area is 157 Å². The quantitative estimate of drug-likeness (QED) is 0.585. The number of hydrogen-bond acceptors (Lipinski definition) is 3. The van der Waals surface area contributed by atoms with E-state index in [2.05, 4.69) is 22.3 Å². The maximum Gasteiger partial charge on any atom is 0.276 e. The van der Waals surface area contributed by atoms with E-state index in [1.165, 1.54) is 0 Å². The second kappa shape index (κ2) is 7.03. The van der Waals surface area contributed by atoms with Gasteiger partial charge in [-0.1, -0.05) is 55.5 Å². The Balaban J connectivity index is 1.69. The van der Waals surface area contributed by atoms with Gasteiger partial charge in [0.2, 0.25) is 0 Å². The molecule has 4 rings (SSSR count). The number of carbonyl (C=O) groups is 1. The average Bonchev–Trinajstić information content (AvgIpc) is 3.14. The van der Waals surface area contributed by atoms with Crippen LogP contribution in [0, 0.1) is 6.92 Å². The minimum atomic E-state index is -0.234. The largest absolute Gasteiger partial charge is 0.320 e. The number of anilines is 1. The molecule has 0 aliphatic heterocycles. The summed E-state index contributed by atoms with van der Waals surface area (Å²) in [6, 6.07) is 21.5. The predicted molar refractivity (Wildman–Crippen MR) is 107 cm³/mol. The van der Waals surface area contributed by atoms with Crippen LogP contribution < -0.4 is 5.32 Å². The summed E-state index contributed by atoms with van der Waals surface area (Å²) in [5.41, 5.74) is 5.74. The van der Waals surface area contributed by atoms with Gasteiger partial charge in [-0.05, 0) is 31.0 Å². The van der Waals surface area contributed by atoms with Gasteiger partial charge in [0.05, 0.1) is 5.69 Å². The molecule has 0 saturated heterocycles. The third-order valence-electron chi connectivity index (χ3n) is 4.55. The van der Waals surface area contributed by atoms with Crippen molar-refractivity contribution in [2.75, 3.05) is 5.32 Å². The summed E-state index contributed by atoms with van der Waals surface area (Å²) in [6.45, 7) is 4.02. The molecule has 0 unspecified atom stereocenters. The van der Waals surface area contributed by atoms with Crippen molar-refractivity contribution in [1.29, 1.82) is 0 Å². The molecule has 0 saturated carbocycles. The lowest BCUT2D eigenvalue weighted by Crippen LogP contribution is -2.14. The number of carbonyl (C=O) groups excluding carboxylic acids is 1. The molecule has 27 heavy (non-hydrogen) atoms. The maximum atomic E-state index is 12.7.